The van der Waals surface area contributed by atoms with Gasteiger partial charge in [0, 0.05) is 6.26 Å². The van der Waals surface area contributed by atoms with Gasteiger partial charge in [-0.25, -0.2) is 25.3 Å². The van der Waals surface area contributed by atoms with Crippen LogP contribution in [-0.4, -0.2) is 53.4 Å². The molecule has 0 atom stereocenters. The van der Waals surface area contributed by atoms with Gasteiger partial charge in [0.2, 0.25) is 9.84 Å². The molecule has 0 rings (SSSR count). The van der Waals surface area contributed by atoms with Crippen molar-refractivity contribution in [2.24, 2.45) is 0 Å². The Morgan fingerprint density at radius 3 is 1.21 bits per heavy atom. The molecule has 0 aromatic heterocycles. The highest BCUT2D eigenvalue weighted by molar-refractivity contribution is 8.05. The molecule has 0 spiro atoms. The van der Waals surface area contributed by atoms with Crippen LogP contribution in [0.25, 0.3) is 0 Å². The molecule has 0 heterocycles. The zero-order valence-corrected chi connectivity index (χ0v) is 13.0. The van der Waals surface area contributed by atoms with Crippen LogP contribution in [0.3, 0.4) is 0 Å². The predicted molar refractivity (Wildman–Crippen MR) is 56.7 cm³/mol. The molecule has 19 heteroatoms. The van der Waals surface area contributed by atoms with Crippen LogP contribution in [0.4, 0.5) is 39.5 Å². The average molecular weight is 441 g/mol. The summed E-state index contributed by atoms with van der Waals surface area (Å²) in [6.45, 7) is 0. The molecule has 7 nitrogen and oxygen atoms in total. The predicted octanol–water partition coefficient (Wildman–Crippen LogP) is 0.621. The fourth-order valence-corrected chi connectivity index (χ4v) is 3.89. The highest BCUT2D eigenvalue weighted by atomic mass is 32.3. The summed E-state index contributed by atoms with van der Waals surface area (Å²) >= 11 is 0. The van der Waals surface area contributed by atoms with Gasteiger partial charge >= 0.3 is 32.0 Å². The first-order valence-electron chi connectivity index (χ1n) is 4.63. The topological polar surface area (TPSA) is 114 Å². The van der Waals surface area contributed by atoms with Gasteiger partial charge in [-0.3, -0.25) is 0 Å². The molecule has 0 amide bonds. The van der Waals surface area contributed by atoms with Gasteiger partial charge in [0.25, 0.3) is 10.0 Å². The van der Waals surface area contributed by atoms with Gasteiger partial charge < -0.3 is 0 Å². The first-order chi connectivity index (χ1) is 9.96. The molecule has 24 heavy (non-hydrogen) atoms. The molecule has 0 aromatic rings. The van der Waals surface area contributed by atoms with Crippen LogP contribution in [0.1, 0.15) is 0 Å². The minimum atomic E-state index is -7.69. The van der Waals surface area contributed by atoms with Gasteiger partial charge in [0.1, 0.15) is 0 Å². The normalized spacial score (nSPS) is 16.2. The van der Waals surface area contributed by atoms with Crippen molar-refractivity contribution in [2.45, 2.75) is 21.9 Å². The Kier molecular flexibility index (Phi) is 5.40. The van der Waals surface area contributed by atoms with Crippen molar-refractivity contribution in [2.75, 3.05) is 6.26 Å². The van der Waals surface area contributed by atoms with Crippen LogP contribution in [-0.2, 0) is 29.9 Å². The fraction of sp³-hybridized carbons (Fsp3) is 1.00. The van der Waals surface area contributed by atoms with E-state index in [-0.39, 0.29) is 0 Å². The Balaban J connectivity index is 6.36. The van der Waals surface area contributed by atoms with E-state index in [1.807, 2.05) is 0 Å². The number of rotatable bonds is 6. The average Bonchev–Trinajstić information content (AvgIpc) is 2.23. The lowest BCUT2D eigenvalue weighted by atomic mass is 10.3. The van der Waals surface area contributed by atoms with Crippen LogP contribution in [0.2, 0.25) is 0 Å². The molecular formula is C5H4F9NO6S3. The largest absolute Gasteiger partial charge is 0.512 e. The van der Waals surface area contributed by atoms with Gasteiger partial charge in [-0.1, -0.05) is 4.13 Å². The van der Waals surface area contributed by atoms with Crippen LogP contribution in [0.15, 0.2) is 0 Å². The molecule has 0 aliphatic heterocycles. The lowest BCUT2D eigenvalue weighted by molar-refractivity contribution is -0.243. The Morgan fingerprint density at radius 2 is 0.958 bits per heavy atom. The van der Waals surface area contributed by atoms with E-state index in [4.69, 9.17) is 0 Å². The molecule has 0 aliphatic rings. The third kappa shape index (κ3) is 3.43. The van der Waals surface area contributed by atoms with Gasteiger partial charge in [-0.2, -0.15) is 39.5 Å². The summed E-state index contributed by atoms with van der Waals surface area (Å²) in [5.74, 6) is -7.33. The molecule has 0 fully saturated rings. The minimum Gasteiger partial charge on any atom is -0.223 e. The summed E-state index contributed by atoms with van der Waals surface area (Å²) in [5.41, 5.74) is -6.59. The number of sulfonamides is 2. The number of hydrogen-bond donors (Lipinski definition) is 1. The van der Waals surface area contributed by atoms with Crippen molar-refractivity contribution in [3.63, 3.8) is 0 Å². The van der Waals surface area contributed by atoms with Crippen molar-refractivity contribution in [3.05, 3.63) is 0 Å². The van der Waals surface area contributed by atoms with E-state index in [2.05, 4.69) is 0 Å². The van der Waals surface area contributed by atoms with Crippen molar-refractivity contribution in [3.8, 4) is 0 Å². The zero-order chi connectivity index (χ0) is 20.2. The van der Waals surface area contributed by atoms with Gasteiger partial charge in [0.05, 0.1) is 0 Å². The fourth-order valence-electron chi connectivity index (χ4n) is 0.815. The Labute approximate surface area is 127 Å². The molecule has 0 saturated heterocycles. The van der Waals surface area contributed by atoms with Crippen LogP contribution < -0.4 is 4.13 Å². The molecule has 0 radical (unpaired) electrons. The highest BCUT2D eigenvalue weighted by Crippen LogP contribution is 2.50. The van der Waals surface area contributed by atoms with E-state index in [1.54, 1.807) is 0 Å². The summed E-state index contributed by atoms with van der Waals surface area (Å²) in [7, 11) is -21.3. The maximum Gasteiger partial charge on any atom is 0.512 e. The van der Waals surface area contributed by atoms with Crippen molar-refractivity contribution in [1.82, 2.24) is 4.13 Å². The maximum absolute atomic E-state index is 13.1. The van der Waals surface area contributed by atoms with Crippen LogP contribution in [0.5, 0.6) is 0 Å². The summed E-state index contributed by atoms with van der Waals surface area (Å²) in [6.07, 6.45) is -0.705. The SMILES string of the molecule is CS(=O)(=O)C(F)(F)C(F)(F)C(F)(F)S(=O)(=O)NS(=O)(=O)C(F)(F)F. The molecule has 0 aromatic carbocycles. The number of halogens is 9. The van der Waals surface area contributed by atoms with E-state index in [1.165, 1.54) is 0 Å². The van der Waals surface area contributed by atoms with E-state index in [0.717, 1.165) is 0 Å². The molecule has 0 unspecified atom stereocenters. The third-order valence-electron chi connectivity index (χ3n) is 2.06. The van der Waals surface area contributed by atoms with Crippen molar-refractivity contribution < 1.29 is 64.8 Å². The van der Waals surface area contributed by atoms with Crippen molar-refractivity contribution in [1.29, 1.82) is 0 Å². The van der Waals surface area contributed by atoms with Crippen LogP contribution >= 0.6 is 0 Å². The minimum absolute atomic E-state index is 0.705. The molecule has 0 bridgehead atoms. The van der Waals surface area contributed by atoms with Crippen LogP contribution in [0, 0.1) is 0 Å². The molecular weight excluding hydrogens is 437 g/mol. The lowest BCUT2D eigenvalue weighted by Gasteiger charge is -2.30. The quantitative estimate of drug-likeness (QED) is 0.605. The standard InChI is InChI=1S/C5H4F9NO6S3/c1-22(16,17)3(8,9)2(6,7)4(10,11)23(18,19)15-24(20,21)5(12,13)14/h15H,1H3. The number of sulfone groups is 1. The van der Waals surface area contributed by atoms with Gasteiger partial charge in [-0.05, 0) is 0 Å². The van der Waals surface area contributed by atoms with E-state index < -0.39 is 62.2 Å². The summed E-state index contributed by atoms with van der Waals surface area (Å²) in [4.78, 5) is 0. The zero-order valence-electron chi connectivity index (χ0n) is 10.6. The van der Waals surface area contributed by atoms with E-state index >= 15 is 0 Å². The molecule has 0 saturated carbocycles. The number of nitrogens with one attached hydrogen (secondary N) is 1. The number of hydrogen-bond acceptors (Lipinski definition) is 6. The first kappa shape index (κ1) is 23.2. The Bertz CT molecular complexity index is 808. The van der Waals surface area contributed by atoms with E-state index in [9.17, 15) is 64.8 Å². The third-order valence-corrected chi connectivity index (χ3v) is 6.54. The molecule has 1 N–H and O–H groups in total. The number of alkyl halides is 9. The second-order valence-electron chi connectivity index (χ2n) is 3.92. The highest BCUT2D eigenvalue weighted by Gasteiger charge is 2.81. The van der Waals surface area contributed by atoms with Gasteiger partial charge in [-0.15, -0.1) is 0 Å². The Hall–Kier alpha value is -0.820. The second-order valence-corrected chi connectivity index (χ2v) is 9.63. The van der Waals surface area contributed by atoms with Gasteiger partial charge in [0.15, 0.2) is 0 Å². The monoisotopic (exact) mass is 441 g/mol. The maximum atomic E-state index is 13.1. The Morgan fingerprint density at radius 1 is 0.625 bits per heavy atom. The lowest BCUT2D eigenvalue weighted by Crippen LogP contribution is -2.63. The molecule has 146 valence electrons. The van der Waals surface area contributed by atoms with Crippen molar-refractivity contribution >= 4 is 29.9 Å². The summed E-state index contributed by atoms with van der Waals surface area (Å²) < 4.78 is 176. The van der Waals surface area contributed by atoms with E-state index in [0.29, 0.717) is 0 Å². The smallest absolute Gasteiger partial charge is 0.223 e. The molecule has 0 aliphatic carbocycles. The first-order valence-corrected chi connectivity index (χ1v) is 9.49. The summed E-state index contributed by atoms with van der Waals surface area (Å²) in [5, 5.41) is -14.1. The second kappa shape index (κ2) is 5.59. The summed E-state index contributed by atoms with van der Waals surface area (Å²) in [6, 6.07) is 0.